The van der Waals surface area contributed by atoms with Crippen LogP contribution in [0, 0.1) is 16.7 Å². The minimum absolute atomic E-state index is 0.173. The fourth-order valence-electron chi connectivity index (χ4n) is 1.89. The topological polar surface area (TPSA) is 35.8 Å². The first kappa shape index (κ1) is 16.8. The first-order chi connectivity index (χ1) is 7.95. The van der Waals surface area contributed by atoms with Gasteiger partial charge in [0.1, 0.15) is 0 Å². The van der Waals surface area contributed by atoms with E-state index in [1.54, 1.807) is 0 Å². The van der Waals surface area contributed by atoms with Crippen molar-refractivity contribution < 1.29 is 0 Å². The van der Waals surface area contributed by atoms with Gasteiger partial charge in [0.15, 0.2) is 0 Å². The summed E-state index contributed by atoms with van der Waals surface area (Å²) in [6.07, 6.45) is 6.68. The van der Waals surface area contributed by atoms with Crippen LogP contribution in [0.4, 0.5) is 0 Å². The minimum Gasteiger partial charge on any atom is -0.315 e. The van der Waals surface area contributed by atoms with Crippen LogP contribution in [0.3, 0.4) is 0 Å². The van der Waals surface area contributed by atoms with Crippen molar-refractivity contribution in [1.29, 1.82) is 5.26 Å². The molecule has 0 heterocycles. The van der Waals surface area contributed by atoms with Gasteiger partial charge in [-0.3, -0.25) is 0 Å². The predicted molar refractivity (Wildman–Crippen MR) is 78.3 cm³/mol. The number of nitrogens with one attached hydrogen (secondary N) is 1. The van der Waals surface area contributed by atoms with Crippen LogP contribution >= 0.6 is 11.8 Å². The molecule has 100 valence electrons. The smallest absolute Gasteiger partial charge is 0.0683 e. The molecule has 17 heavy (non-hydrogen) atoms. The van der Waals surface area contributed by atoms with E-state index in [2.05, 4.69) is 31.5 Å². The monoisotopic (exact) mass is 256 g/mol. The second-order valence-electron chi connectivity index (χ2n) is 5.37. The Labute approximate surface area is 112 Å². The maximum absolute atomic E-state index is 8.92. The third kappa shape index (κ3) is 6.33. The maximum atomic E-state index is 8.92. The number of thioether (sulfide) groups is 1. The summed E-state index contributed by atoms with van der Waals surface area (Å²) in [5.74, 6) is 0. The minimum atomic E-state index is -0.173. The summed E-state index contributed by atoms with van der Waals surface area (Å²) in [5, 5.41) is 12.5. The molecule has 0 radical (unpaired) electrons. The van der Waals surface area contributed by atoms with E-state index in [9.17, 15) is 0 Å². The fraction of sp³-hybridized carbons (Fsp3) is 0.929. The van der Waals surface area contributed by atoms with E-state index >= 15 is 0 Å². The standard InChI is InChI=1S/C14H28N2S/c1-6-14(7-2,17-5)12-16-10-8-9-13(3,4)11-15/h16H,6-10,12H2,1-5H3. The summed E-state index contributed by atoms with van der Waals surface area (Å²) >= 11 is 1.97. The van der Waals surface area contributed by atoms with Gasteiger partial charge in [0.25, 0.3) is 0 Å². The first-order valence-corrected chi connectivity index (χ1v) is 7.85. The largest absolute Gasteiger partial charge is 0.315 e. The lowest BCUT2D eigenvalue weighted by Crippen LogP contribution is -2.37. The van der Waals surface area contributed by atoms with Crippen molar-refractivity contribution in [1.82, 2.24) is 5.32 Å². The van der Waals surface area contributed by atoms with Gasteiger partial charge in [-0.2, -0.15) is 17.0 Å². The van der Waals surface area contributed by atoms with Crippen molar-refractivity contribution >= 4 is 11.8 Å². The molecule has 0 spiro atoms. The molecule has 0 rings (SSSR count). The van der Waals surface area contributed by atoms with Gasteiger partial charge in [-0.05, 0) is 52.3 Å². The Bertz CT molecular complexity index is 231. The van der Waals surface area contributed by atoms with Gasteiger partial charge < -0.3 is 5.32 Å². The van der Waals surface area contributed by atoms with Crippen LogP contribution in [0.2, 0.25) is 0 Å². The normalized spacial score (nSPS) is 12.5. The van der Waals surface area contributed by atoms with E-state index in [1.165, 1.54) is 12.8 Å². The van der Waals surface area contributed by atoms with Crippen molar-refractivity contribution in [2.45, 2.75) is 58.1 Å². The Morgan fingerprint density at radius 1 is 1.24 bits per heavy atom. The van der Waals surface area contributed by atoms with Gasteiger partial charge >= 0.3 is 0 Å². The Hall–Kier alpha value is -0.200. The lowest BCUT2D eigenvalue weighted by atomic mass is 9.90. The molecule has 0 aliphatic rings. The quantitative estimate of drug-likeness (QED) is 0.637. The van der Waals surface area contributed by atoms with Crippen LogP contribution in [-0.2, 0) is 0 Å². The summed E-state index contributed by atoms with van der Waals surface area (Å²) < 4.78 is 0.394. The van der Waals surface area contributed by atoms with Crippen LogP contribution < -0.4 is 5.32 Å². The third-order valence-electron chi connectivity index (χ3n) is 3.63. The highest BCUT2D eigenvalue weighted by Gasteiger charge is 2.24. The van der Waals surface area contributed by atoms with Gasteiger partial charge in [0, 0.05) is 11.3 Å². The second kappa shape index (κ2) is 8.00. The number of hydrogen-bond acceptors (Lipinski definition) is 3. The van der Waals surface area contributed by atoms with E-state index in [1.807, 2.05) is 25.6 Å². The van der Waals surface area contributed by atoms with Crippen molar-refractivity contribution in [3.8, 4) is 6.07 Å². The van der Waals surface area contributed by atoms with Crippen LogP contribution in [-0.4, -0.2) is 24.1 Å². The zero-order valence-corrected chi connectivity index (χ0v) is 12.9. The van der Waals surface area contributed by atoms with Crippen LogP contribution in [0.5, 0.6) is 0 Å². The zero-order valence-electron chi connectivity index (χ0n) is 12.1. The van der Waals surface area contributed by atoms with E-state index in [-0.39, 0.29) is 5.41 Å². The molecular formula is C14H28N2S. The summed E-state index contributed by atoms with van der Waals surface area (Å²) in [6, 6.07) is 2.35. The van der Waals surface area contributed by atoms with Gasteiger partial charge in [-0.25, -0.2) is 0 Å². The average Bonchev–Trinajstić information content (AvgIpc) is 2.34. The van der Waals surface area contributed by atoms with E-state index < -0.39 is 0 Å². The predicted octanol–water partition coefficient (Wildman–Crippen LogP) is 3.83. The highest BCUT2D eigenvalue weighted by Crippen LogP contribution is 2.29. The molecule has 2 nitrogen and oxygen atoms in total. The number of rotatable bonds is 9. The van der Waals surface area contributed by atoms with Crippen molar-refractivity contribution in [3.63, 3.8) is 0 Å². The van der Waals surface area contributed by atoms with Crippen molar-refractivity contribution in [2.75, 3.05) is 19.3 Å². The lowest BCUT2D eigenvalue weighted by Gasteiger charge is -2.30. The first-order valence-electron chi connectivity index (χ1n) is 6.62. The highest BCUT2D eigenvalue weighted by atomic mass is 32.2. The van der Waals surface area contributed by atoms with E-state index in [4.69, 9.17) is 5.26 Å². The summed E-state index contributed by atoms with van der Waals surface area (Å²) in [7, 11) is 0. The van der Waals surface area contributed by atoms with Crippen LogP contribution in [0.25, 0.3) is 0 Å². The van der Waals surface area contributed by atoms with Gasteiger partial charge in [0.2, 0.25) is 0 Å². The fourth-order valence-corrected chi connectivity index (χ4v) is 2.71. The molecule has 0 amide bonds. The molecule has 0 aromatic rings. The van der Waals surface area contributed by atoms with Gasteiger partial charge in [-0.15, -0.1) is 0 Å². The summed E-state index contributed by atoms with van der Waals surface area (Å²) in [5.41, 5.74) is -0.173. The molecule has 0 aliphatic heterocycles. The Morgan fingerprint density at radius 3 is 2.24 bits per heavy atom. The van der Waals surface area contributed by atoms with Crippen molar-refractivity contribution in [2.24, 2.45) is 5.41 Å². The Balaban J connectivity index is 3.81. The zero-order chi connectivity index (χ0) is 13.4. The average molecular weight is 256 g/mol. The maximum Gasteiger partial charge on any atom is 0.0683 e. The van der Waals surface area contributed by atoms with Crippen LogP contribution in [0.15, 0.2) is 0 Å². The van der Waals surface area contributed by atoms with Gasteiger partial charge in [-0.1, -0.05) is 13.8 Å². The Morgan fingerprint density at radius 2 is 1.82 bits per heavy atom. The Kier molecular flexibility index (Phi) is 7.91. The number of hydrogen-bond donors (Lipinski definition) is 1. The molecule has 0 fully saturated rings. The molecule has 0 atom stereocenters. The molecule has 0 aromatic carbocycles. The van der Waals surface area contributed by atoms with E-state index in [0.717, 1.165) is 25.9 Å². The van der Waals surface area contributed by atoms with E-state index in [0.29, 0.717) is 4.75 Å². The molecule has 0 aliphatic carbocycles. The highest BCUT2D eigenvalue weighted by molar-refractivity contribution is 8.00. The molecule has 0 bridgehead atoms. The number of nitriles is 1. The second-order valence-corrected chi connectivity index (χ2v) is 6.64. The van der Waals surface area contributed by atoms with Gasteiger partial charge in [0.05, 0.1) is 11.5 Å². The lowest BCUT2D eigenvalue weighted by molar-refractivity contribution is 0.415. The SMILES string of the molecule is CCC(CC)(CNCCCC(C)(C)C#N)SC. The summed E-state index contributed by atoms with van der Waals surface area (Å²) in [4.78, 5) is 0. The molecule has 0 saturated heterocycles. The van der Waals surface area contributed by atoms with Crippen molar-refractivity contribution in [3.05, 3.63) is 0 Å². The summed E-state index contributed by atoms with van der Waals surface area (Å²) in [6.45, 7) is 10.6. The molecule has 1 N–H and O–H groups in total. The number of nitrogens with zero attached hydrogens (tertiary/aromatic N) is 1. The molecule has 0 saturated carbocycles. The van der Waals surface area contributed by atoms with Crippen LogP contribution in [0.1, 0.15) is 53.4 Å². The molecule has 0 aromatic heterocycles. The third-order valence-corrected chi connectivity index (χ3v) is 5.21. The molecule has 0 unspecified atom stereocenters. The molecular weight excluding hydrogens is 228 g/mol. The molecule has 3 heteroatoms.